The number of aliphatic hydroxyl groups excluding tert-OH is 1. The van der Waals surface area contributed by atoms with Gasteiger partial charge in [-0.3, -0.25) is 4.79 Å². The maximum absolute atomic E-state index is 10.4. The fraction of sp³-hybridized carbons (Fsp3) is 0.533. The molecule has 1 aromatic carbocycles. The molecule has 0 radical (unpaired) electrons. The molecule has 1 atom stereocenters. The van der Waals surface area contributed by atoms with Gasteiger partial charge in [0.15, 0.2) is 6.29 Å². The van der Waals surface area contributed by atoms with E-state index in [1.165, 1.54) is 0 Å². The predicted molar refractivity (Wildman–Crippen MR) is 83.6 cm³/mol. The van der Waals surface area contributed by atoms with Crippen LogP contribution in [0.4, 0.5) is 0 Å². The first-order valence-corrected chi connectivity index (χ1v) is 6.97. The maximum atomic E-state index is 10.4. The lowest BCUT2D eigenvalue weighted by atomic mass is 10.1. The lowest BCUT2D eigenvalue weighted by molar-refractivity contribution is -0.138. The van der Waals surface area contributed by atoms with Crippen LogP contribution in [0.1, 0.15) is 32.3 Å². The summed E-state index contributed by atoms with van der Waals surface area (Å²) in [5.74, 6) is -0.959. The Morgan fingerprint density at radius 2 is 1.62 bits per heavy atom. The van der Waals surface area contributed by atoms with Crippen molar-refractivity contribution >= 4 is 5.97 Å². The molecule has 21 heavy (non-hydrogen) atoms. The third-order valence-electron chi connectivity index (χ3n) is 2.27. The summed E-state index contributed by atoms with van der Waals surface area (Å²) in [4.78, 5) is 10.4. The van der Waals surface area contributed by atoms with Gasteiger partial charge in [-0.1, -0.05) is 44.2 Å². The fourth-order valence-corrected chi connectivity index (χ4v) is 0.955. The van der Waals surface area contributed by atoms with Gasteiger partial charge in [0.05, 0.1) is 0 Å². The van der Waals surface area contributed by atoms with Crippen molar-refractivity contribution in [3.05, 3.63) is 35.9 Å². The summed E-state index contributed by atoms with van der Waals surface area (Å²) >= 11 is 0. The van der Waals surface area contributed by atoms with Crippen molar-refractivity contribution in [2.45, 2.75) is 45.4 Å². The van der Waals surface area contributed by atoms with Crippen molar-refractivity contribution in [2.24, 2.45) is 11.5 Å². The molecule has 7 N–H and O–H groups in total. The van der Waals surface area contributed by atoms with Gasteiger partial charge in [-0.15, -0.1) is 0 Å². The summed E-state index contributed by atoms with van der Waals surface area (Å²) in [6.45, 7) is 4.57. The van der Waals surface area contributed by atoms with Gasteiger partial charge < -0.3 is 26.8 Å². The Hall–Kier alpha value is -1.47. The standard InChI is InChI=1S/C9H11NO2.C3H9N.C3H8O2/c10-8(9(11)12)6-7-4-2-1-3-5-7;1-2-3-4;1-2-3(4)5/h1-5,8H,6,10H2,(H,11,12);2-4H2,1H3;3-5H,2H2,1H3/t8-;;/m0../s1. The Morgan fingerprint density at radius 1 is 1.19 bits per heavy atom. The van der Waals surface area contributed by atoms with E-state index in [-0.39, 0.29) is 0 Å². The van der Waals surface area contributed by atoms with Crippen molar-refractivity contribution < 1.29 is 20.1 Å². The molecule has 0 aliphatic carbocycles. The smallest absolute Gasteiger partial charge is 0.320 e. The van der Waals surface area contributed by atoms with E-state index < -0.39 is 18.3 Å². The number of hydrogen-bond donors (Lipinski definition) is 5. The Morgan fingerprint density at radius 3 is 1.90 bits per heavy atom. The number of hydrogen-bond acceptors (Lipinski definition) is 5. The number of carbonyl (C=O) groups is 1. The van der Waals surface area contributed by atoms with Gasteiger partial charge in [0.25, 0.3) is 0 Å². The third-order valence-corrected chi connectivity index (χ3v) is 2.27. The number of aliphatic carboxylic acids is 1. The second kappa shape index (κ2) is 14.9. The Balaban J connectivity index is 0. The number of nitrogens with two attached hydrogens (primary N) is 2. The second-order valence-electron chi connectivity index (χ2n) is 4.31. The van der Waals surface area contributed by atoms with Crippen molar-refractivity contribution in [1.29, 1.82) is 0 Å². The topological polar surface area (TPSA) is 130 Å². The number of carboxylic acid groups (broad SMARTS) is 1. The van der Waals surface area contributed by atoms with Gasteiger partial charge in [-0.25, -0.2) is 0 Å². The van der Waals surface area contributed by atoms with Gasteiger partial charge in [-0.2, -0.15) is 0 Å². The Kier molecular flexibility index (Phi) is 15.5. The van der Waals surface area contributed by atoms with E-state index in [0.717, 1.165) is 18.5 Å². The summed E-state index contributed by atoms with van der Waals surface area (Å²) in [6, 6.07) is 8.54. The fourth-order valence-electron chi connectivity index (χ4n) is 0.955. The molecule has 0 saturated heterocycles. The average molecular weight is 300 g/mol. The number of benzene rings is 1. The minimum atomic E-state index is -1.12. The minimum absolute atomic E-state index is 0.385. The first-order valence-electron chi connectivity index (χ1n) is 6.97. The number of aliphatic hydroxyl groups is 2. The van der Waals surface area contributed by atoms with Gasteiger partial charge in [0.2, 0.25) is 0 Å². The highest BCUT2D eigenvalue weighted by molar-refractivity contribution is 5.73. The highest BCUT2D eigenvalue weighted by Gasteiger charge is 2.10. The van der Waals surface area contributed by atoms with Crippen LogP contribution in [0, 0.1) is 0 Å². The summed E-state index contributed by atoms with van der Waals surface area (Å²) in [5.41, 5.74) is 11.3. The third kappa shape index (κ3) is 16.5. The molecule has 0 aliphatic rings. The minimum Gasteiger partial charge on any atom is -0.480 e. The summed E-state index contributed by atoms with van der Waals surface area (Å²) in [7, 11) is 0. The normalized spacial score (nSPS) is 10.8. The zero-order chi connectivity index (χ0) is 16.7. The average Bonchev–Trinajstić information content (AvgIpc) is 2.49. The van der Waals surface area contributed by atoms with Crippen LogP contribution in [0.15, 0.2) is 30.3 Å². The molecule has 122 valence electrons. The van der Waals surface area contributed by atoms with Crippen molar-refractivity contribution in [2.75, 3.05) is 6.54 Å². The molecular weight excluding hydrogens is 272 g/mol. The lowest BCUT2D eigenvalue weighted by Gasteiger charge is -2.04. The molecule has 0 fully saturated rings. The lowest BCUT2D eigenvalue weighted by Crippen LogP contribution is -2.32. The van der Waals surface area contributed by atoms with Crippen LogP contribution in [0.2, 0.25) is 0 Å². The van der Waals surface area contributed by atoms with Crippen LogP contribution in [0.3, 0.4) is 0 Å². The number of carboxylic acids is 1. The van der Waals surface area contributed by atoms with Crippen LogP contribution in [-0.2, 0) is 11.2 Å². The zero-order valence-electron chi connectivity index (χ0n) is 12.8. The first-order chi connectivity index (χ1) is 9.88. The maximum Gasteiger partial charge on any atom is 0.320 e. The molecule has 6 heteroatoms. The Bertz CT molecular complexity index is 343. The van der Waals surface area contributed by atoms with E-state index in [9.17, 15) is 4.79 Å². The molecule has 0 saturated carbocycles. The summed E-state index contributed by atoms with van der Waals surface area (Å²) in [6.07, 6.45) is 0.783. The van der Waals surface area contributed by atoms with Crippen molar-refractivity contribution in [1.82, 2.24) is 0 Å². The van der Waals surface area contributed by atoms with Crippen LogP contribution in [0.5, 0.6) is 0 Å². The van der Waals surface area contributed by atoms with Crippen LogP contribution < -0.4 is 11.5 Å². The second-order valence-corrected chi connectivity index (χ2v) is 4.31. The highest BCUT2D eigenvalue weighted by atomic mass is 16.5. The van der Waals surface area contributed by atoms with E-state index in [1.807, 2.05) is 30.3 Å². The first kappa shape index (κ1) is 21.8. The van der Waals surface area contributed by atoms with Gasteiger partial charge in [0, 0.05) is 0 Å². The van der Waals surface area contributed by atoms with Gasteiger partial charge in [-0.05, 0) is 31.4 Å². The predicted octanol–water partition coefficient (Wildman–Crippen LogP) is 0.703. The number of rotatable bonds is 5. The van der Waals surface area contributed by atoms with E-state index in [4.69, 9.17) is 26.8 Å². The molecule has 1 rings (SSSR count). The molecule has 0 spiro atoms. The van der Waals surface area contributed by atoms with E-state index in [0.29, 0.717) is 12.8 Å². The molecule has 6 nitrogen and oxygen atoms in total. The van der Waals surface area contributed by atoms with Gasteiger partial charge in [0.1, 0.15) is 6.04 Å². The highest BCUT2D eigenvalue weighted by Crippen LogP contribution is 2.01. The molecule has 1 aromatic rings. The molecule has 0 unspecified atom stereocenters. The molecule has 0 heterocycles. The molecule has 0 bridgehead atoms. The van der Waals surface area contributed by atoms with E-state index in [2.05, 4.69) is 6.92 Å². The van der Waals surface area contributed by atoms with Gasteiger partial charge >= 0.3 is 5.97 Å². The van der Waals surface area contributed by atoms with E-state index in [1.54, 1.807) is 6.92 Å². The van der Waals surface area contributed by atoms with Crippen molar-refractivity contribution in [3.8, 4) is 0 Å². The SMILES string of the molecule is CCC(O)O.CCCN.N[C@@H](Cc1ccccc1)C(=O)O. The Labute approximate surface area is 126 Å². The molecule has 0 aromatic heterocycles. The van der Waals surface area contributed by atoms with Crippen LogP contribution >= 0.6 is 0 Å². The monoisotopic (exact) mass is 300 g/mol. The summed E-state index contributed by atoms with van der Waals surface area (Å²) < 4.78 is 0. The largest absolute Gasteiger partial charge is 0.480 e. The quantitative estimate of drug-likeness (QED) is 0.509. The molecular formula is C15H28N2O4. The van der Waals surface area contributed by atoms with Crippen LogP contribution in [0.25, 0.3) is 0 Å². The molecule has 0 amide bonds. The zero-order valence-corrected chi connectivity index (χ0v) is 12.8. The molecule has 0 aliphatic heterocycles. The van der Waals surface area contributed by atoms with Crippen LogP contribution in [-0.4, -0.2) is 40.2 Å². The van der Waals surface area contributed by atoms with E-state index >= 15 is 0 Å². The summed E-state index contributed by atoms with van der Waals surface area (Å²) in [5, 5.41) is 24.4. The van der Waals surface area contributed by atoms with Crippen molar-refractivity contribution in [3.63, 3.8) is 0 Å².